The minimum Gasteiger partial charge on any atom is -0.383 e. The quantitative estimate of drug-likeness (QED) is 0.827. The van der Waals surface area contributed by atoms with Crippen molar-refractivity contribution in [3.8, 4) is 11.4 Å². The van der Waals surface area contributed by atoms with Crippen LogP contribution in [0.25, 0.3) is 11.4 Å². The van der Waals surface area contributed by atoms with Gasteiger partial charge < -0.3 is 10.1 Å². The molecule has 0 saturated heterocycles. The molecule has 7 nitrogen and oxygen atoms in total. The largest absolute Gasteiger partial charge is 0.383 e. The number of amides is 1. The van der Waals surface area contributed by atoms with Gasteiger partial charge in [0.05, 0.1) is 6.61 Å². The Hall–Kier alpha value is -2.28. The van der Waals surface area contributed by atoms with E-state index >= 15 is 0 Å². The summed E-state index contributed by atoms with van der Waals surface area (Å²) in [6.07, 6.45) is 0.986. The predicted molar refractivity (Wildman–Crippen MR) is 82.1 cm³/mol. The molecule has 0 aliphatic rings. The molecule has 118 valence electrons. The van der Waals surface area contributed by atoms with Gasteiger partial charge in [-0.25, -0.2) is 0 Å². The van der Waals surface area contributed by atoms with E-state index in [-0.39, 0.29) is 18.5 Å². The summed E-state index contributed by atoms with van der Waals surface area (Å²) in [6.45, 7) is 4.48. The first-order chi connectivity index (χ1) is 10.6. The molecule has 1 amide bonds. The van der Waals surface area contributed by atoms with E-state index in [1.807, 2.05) is 31.2 Å². The number of aryl methyl sites for hydroxylation is 1. The van der Waals surface area contributed by atoms with Crippen LogP contribution < -0.4 is 5.32 Å². The first-order valence-corrected chi connectivity index (χ1v) is 7.27. The van der Waals surface area contributed by atoms with Crippen LogP contribution in [0.5, 0.6) is 0 Å². The highest BCUT2D eigenvalue weighted by Gasteiger charge is 2.11. The number of carbonyl (C=O) groups is 1. The third kappa shape index (κ3) is 4.36. The highest BCUT2D eigenvalue weighted by molar-refractivity contribution is 5.75. The van der Waals surface area contributed by atoms with E-state index in [9.17, 15) is 4.79 Å². The van der Waals surface area contributed by atoms with Gasteiger partial charge in [0.15, 0.2) is 0 Å². The van der Waals surface area contributed by atoms with Crippen molar-refractivity contribution in [3.63, 3.8) is 0 Å². The summed E-state index contributed by atoms with van der Waals surface area (Å²) in [5, 5.41) is 14.9. The van der Waals surface area contributed by atoms with Crippen molar-refractivity contribution in [1.29, 1.82) is 0 Å². The Balaban J connectivity index is 1.97. The minimum atomic E-state index is -0.171. The number of rotatable bonds is 7. The van der Waals surface area contributed by atoms with Crippen LogP contribution in [-0.2, 0) is 22.5 Å². The maximum Gasteiger partial charge on any atom is 0.243 e. The highest BCUT2D eigenvalue weighted by atomic mass is 16.5. The van der Waals surface area contributed by atoms with E-state index in [0.29, 0.717) is 12.4 Å². The number of hydrogen-bond donors (Lipinski definition) is 1. The van der Waals surface area contributed by atoms with Crippen molar-refractivity contribution < 1.29 is 9.53 Å². The zero-order chi connectivity index (χ0) is 15.9. The van der Waals surface area contributed by atoms with Gasteiger partial charge in [-0.1, -0.05) is 31.2 Å². The smallest absolute Gasteiger partial charge is 0.243 e. The van der Waals surface area contributed by atoms with E-state index < -0.39 is 0 Å². The fourth-order valence-corrected chi connectivity index (χ4v) is 2.06. The summed E-state index contributed by atoms with van der Waals surface area (Å²) in [5.41, 5.74) is 2.14. The molecule has 0 radical (unpaired) electrons. The molecule has 1 heterocycles. The number of benzene rings is 1. The number of tetrazole rings is 1. The van der Waals surface area contributed by atoms with Crippen molar-refractivity contribution >= 4 is 5.91 Å². The molecule has 2 aromatic rings. The summed E-state index contributed by atoms with van der Waals surface area (Å²) in [4.78, 5) is 13.1. The molecule has 0 bridgehead atoms. The van der Waals surface area contributed by atoms with Crippen molar-refractivity contribution in [1.82, 2.24) is 25.5 Å². The van der Waals surface area contributed by atoms with Gasteiger partial charge in [-0.3, -0.25) is 4.79 Å². The van der Waals surface area contributed by atoms with Crippen LogP contribution in [0.2, 0.25) is 0 Å². The fraction of sp³-hybridized carbons (Fsp3) is 0.467. The van der Waals surface area contributed by atoms with E-state index in [0.717, 1.165) is 12.0 Å². The van der Waals surface area contributed by atoms with E-state index in [1.54, 1.807) is 7.11 Å². The van der Waals surface area contributed by atoms with Crippen LogP contribution in [0.3, 0.4) is 0 Å². The number of nitrogens with one attached hydrogen (secondary N) is 1. The second-order valence-electron chi connectivity index (χ2n) is 5.12. The topological polar surface area (TPSA) is 81.9 Å². The van der Waals surface area contributed by atoms with Crippen molar-refractivity contribution in [2.24, 2.45) is 0 Å². The summed E-state index contributed by atoms with van der Waals surface area (Å²) in [6, 6.07) is 7.94. The Kier molecular flexibility index (Phi) is 5.60. The Bertz CT molecular complexity index is 609. The molecular weight excluding hydrogens is 282 g/mol. The molecule has 2 rings (SSSR count). The first kappa shape index (κ1) is 16.1. The SMILES string of the molecule is CCc1ccc(-c2nnn(CC(=O)NC(C)COC)n2)cc1. The van der Waals surface area contributed by atoms with Crippen LogP contribution >= 0.6 is 0 Å². The summed E-state index contributed by atoms with van der Waals surface area (Å²) < 4.78 is 4.97. The number of aromatic nitrogens is 4. The first-order valence-electron chi connectivity index (χ1n) is 7.27. The normalized spacial score (nSPS) is 12.1. The zero-order valence-electron chi connectivity index (χ0n) is 13.1. The third-order valence-electron chi connectivity index (χ3n) is 3.18. The van der Waals surface area contributed by atoms with Crippen LogP contribution in [0.4, 0.5) is 0 Å². The number of nitrogens with zero attached hydrogens (tertiary/aromatic N) is 4. The minimum absolute atomic E-state index is 0.0358. The van der Waals surface area contributed by atoms with Crippen LogP contribution in [0.1, 0.15) is 19.4 Å². The second kappa shape index (κ2) is 7.65. The van der Waals surface area contributed by atoms with Gasteiger partial charge in [0.25, 0.3) is 0 Å². The molecular formula is C15H21N5O2. The van der Waals surface area contributed by atoms with E-state index in [2.05, 4.69) is 27.7 Å². The maximum atomic E-state index is 11.8. The van der Waals surface area contributed by atoms with Crippen LogP contribution in [0.15, 0.2) is 24.3 Å². The van der Waals surface area contributed by atoms with Crippen LogP contribution in [0, 0.1) is 0 Å². The third-order valence-corrected chi connectivity index (χ3v) is 3.18. The predicted octanol–water partition coefficient (Wildman–Crippen LogP) is 1.05. The number of hydrogen-bond acceptors (Lipinski definition) is 5. The Labute approximate surface area is 129 Å². The van der Waals surface area contributed by atoms with Crippen molar-refractivity contribution in [2.75, 3.05) is 13.7 Å². The lowest BCUT2D eigenvalue weighted by atomic mass is 10.1. The number of ether oxygens (including phenoxy) is 1. The summed E-state index contributed by atoms with van der Waals surface area (Å²) >= 11 is 0. The highest BCUT2D eigenvalue weighted by Crippen LogP contribution is 2.14. The molecule has 1 N–H and O–H groups in total. The Morgan fingerprint density at radius 2 is 2.09 bits per heavy atom. The Morgan fingerprint density at radius 3 is 2.73 bits per heavy atom. The van der Waals surface area contributed by atoms with E-state index in [1.165, 1.54) is 10.4 Å². The van der Waals surface area contributed by atoms with Crippen LogP contribution in [-0.4, -0.2) is 45.9 Å². The number of methoxy groups -OCH3 is 1. The molecule has 0 aliphatic carbocycles. The molecule has 22 heavy (non-hydrogen) atoms. The molecule has 0 spiro atoms. The van der Waals surface area contributed by atoms with Gasteiger partial charge in [0, 0.05) is 18.7 Å². The van der Waals surface area contributed by atoms with Crippen molar-refractivity contribution in [2.45, 2.75) is 32.9 Å². The molecule has 1 atom stereocenters. The van der Waals surface area contributed by atoms with Gasteiger partial charge in [-0.15, -0.1) is 10.2 Å². The molecule has 0 saturated carbocycles. The molecule has 1 unspecified atom stereocenters. The average Bonchev–Trinajstić information content (AvgIpc) is 2.95. The lowest BCUT2D eigenvalue weighted by Gasteiger charge is -2.11. The fourth-order valence-electron chi connectivity index (χ4n) is 2.06. The van der Waals surface area contributed by atoms with Gasteiger partial charge >= 0.3 is 0 Å². The van der Waals surface area contributed by atoms with E-state index in [4.69, 9.17) is 4.74 Å². The summed E-state index contributed by atoms with van der Waals surface area (Å²) in [7, 11) is 1.59. The van der Waals surface area contributed by atoms with Crippen molar-refractivity contribution in [3.05, 3.63) is 29.8 Å². The Morgan fingerprint density at radius 1 is 1.36 bits per heavy atom. The van der Waals surface area contributed by atoms with Gasteiger partial charge in [-0.05, 0) is 24.1 Å². The molecule has 1 aromatic carbocycles. The summed E-state index contributed by atoms with van der Waals surface area (Å²) in [5.74, 6) is 0.343. The molecule has 0 aliphatic heterocycles. The lowest BCUT2D eigenvalue weighted by molar-refractivity contribution is -0.123. The second-order valence-corrected chi connectivity index (χ2v) is 5.12. The average molecular weight is 303 g/mol. The molecule has 1 aromatic heterocycles. The molecule has 7 heteroatoms. The monoisotopic (exact) mass is 303 g/mol. The maximum absolute atomic E-state index is 11.8. The standard InChI is InChI=1S/C15H21N5O2/c1-4-12-5-7-13(8-6-12)15-17-19-20(18-15)9-14(21)16-11(2)10-22-3/h5-8,11H,4,9-10H2,1-3H3,(H,16,21). The molecule has 0 fully saturated rings. The van der Waals surface area contributed by atoms with Gasteiger partial charge in [0.1, 0.15) is 6.54 Å². The zero-order valence-corrected chi connectivity index (χ0v) is 13.1. The van der Waals surface area contributed by atoms with Gasteiger partial charge in [-0.2, -0.15) is 4.80 Å². The number of carbonyl (C=O) groups excluding carboxylic acids is 1. The van der Waals surface area contributed by atoms with Gasteiger partial charge in [0.2, 0.25) is 11.7 Å². The lowest BCUT2D eigenvalue weighted by Crippen LogP contribution is -2.38.